The lowest BCUT2D eigenvalue weighted by atomic mass is 10.1. The summed E-state index contributed by atoms with van der Waals surface area (Å²) in [5.74, 6) is 5.70. The first-order valence-electron chi connectivity index (χ1n) is 4.86. The van der Waals surface area contributed by atoms with Crippen LogP contribution in [0.15, 0.2) is 36.5 Å². The van der Waals surface area contributed by atoms with Gasteiger partial charge in [-0.2, -0.15) is 10.4 Å². The molecular weight excluding hydrogens is 198 g/mol. The first kappa shape index (κ1) is 10.0. The Morgan fingerprint density at radius 1 is 1.25 bits per heavy atom. The van der Waals surface area contributed by atoms with Gasteiger partial charge >= 0.3 is 0 Å². The van der Waals surface area contributed by atoms with Gasteiger partial charge in [0.05, 0.1) is 29.9 Å². The van der Waals surface area contributed by atoms with E-state index in [9.17, 15) is 0 Å². The first-order chi connectivity index (χ1) is 7.92. The minimum absolute atomic E-state index is 0.236. The Bertz CT molecular complexity index is 564. The average Bonchev–Trinajstić information content (AvgIpc) is 2.79. The number of H-pyrrole nitrogens is 1. The van der Waals surface area contributed by atoms with Crippen LogP contribution in [0.3, 0.4) is 0 Å². The monoisotopic (exact) mass is 207 g/mol. The van der Waals surface area contributed by atoms with E-state index in [1.807, 2.05) is 36.4 Å². The van der Waals surface area contributed by atoms with Gasteiger partial charge in [0.1, 0.15) is 0 Å². The fraction of sp³-hybridized carbons (Fsp3) is 0.0769. The van der Waals surface area contributed by atoms with Crippen molar-refractivity contribution in [3.63, 3.8) is 0 Å². The van der Waals surface area contributed by atoms with E-state index in [0.717, 1.165) is 16.8 Å². The molecule has 1 aromatic heterocycles. The van der Waals surface area contributed by atoms with Gasteiger partial charge in [0, 0.05) is 5.56 Å². The lowest BCUT2D eigenvalue weighted by Gasteiger charge is -1.96. The van der Waals surface area contributed by atoms with Crippen molar-refractivity contribution < 1.29 is 0 Å². The van der Waals surface area contributed by atoms with E-state index < -0.39 is 0 Å². The summed E-state index contributed by atoms with van der Waals surface area (Å²) in [6.07, 6.45) is 1.91. The molecule has 3 heteroatoms. The van der Waals surface area contributed by atoms with Crippen molar-refractivity contribution in [1.82, 2.24) is 10.2 Å². The Balaban J connectivity index is 2.35. The van der Waals surface area contributed by atoms with E-state index in [0.29, 0.717) is 0 Å². The number of aromatic amines is 1. The highest BCUT2D eigenvalue weighted by atomic mass is 15.1. The van der Waals surface area contributed by atoms with Crippen molar-refractivity contribution in [2.24, 2.45) is 0 Å². The lowest BCUT2D eigenvalue weighted by Crippen LogP contribution is -1.80. The topological polar surface area (TPSA) is 52.5 Å². The highest BCUT2D eigenvalue weighted by molar-refractivity contribution is 5.66. The van der Waals surface area contributed by atoms with Crippen LogP contribution in [0, 0.1) is 23.2 Å². The smallest absolute Gasteiger partial charge is 0.0966 e. The van der Waals surface area contributed by atoms with Gasteiger partial charge in [-0.25, -0.2) is 0 Å². The van der Waals surface area contributed by atoms with Crippen LogP contribution in [0.2, 0.25) is 0 Å². The second kappa shape index (κ2) is 4.82. The molecule has 1 N–H and O–H groups in total. The molecule has 3 nitrogen and oxygen atoms in total. The van der Waals surface area contributed by atoms with E-state index in [2.05, 4.69) is 22.0 Å². The molecule has 0 fully saturated rings. The molecule has 0 unspecified atom stereocenters. The molecule has 2 rings (SSSR count). The zero-order chi connectivity index (χ0) is 11.2. The van der Waals surface area contributed by atoms with Crippen molar-refractivity contribution in [1.29, 1.82) is 5.26 Å². The second-order valence-electron chi connectivity index (χ2n) is 3.16. The number of rotatable bonds is 1. The Hall–Kier alpha value is -2.52. The maximum atomic E-state index is 8.41. The largest absolute Gasteiger partial charge is 0.277 e. The van der Waals surface area contributed by atoms with Crippen LogP contribution >= 0.6 is 0 Å². The lowest BCUT2D eigenvalue weighted by molar-refractivity contribution is 1.10. The van der Waals surface area contributed by atoms with Gasteiger partial charge in [-0.05, 0) is 0 Å². The standard InChI is InChI=1S/C13H9N3/c14-9-5-4-8-12-10-15-16-13(12)11-6-2-1-3-7-11/h1-3,6-7,10H,5H2,(H,15,16). The van der Waals surface area contributed by atoms with Crippen LogP contribution < -0.4 is 0 Å². The number of nitrogens with zero attached hydrogens (tertiary/aromatic N) is 2. The minimum Gasteiger partial charge on any atom is -0.277 e. The zero-order valence-electron chi connectivity index (χ0n) is 8.57. The van der Waals surface area contributed by atoms with Gasteiger partial charge in [0.25, 0.3) is 0 Å². The molecule has 0 bridgehead atoms. The Morgan fingerprint density at radius 3 is 2.81 bits per heavy atom. The van der Waals surface area contributed by atoms with Crippen LogP contribution in [0.1, 0.15) is 12.0 Å². The zero-order valence-corrected chi connectivity index (χ0v) is 8.57. The minimum atomic E-state index is 0.236. The number of nitriles is 1. The Labute approximate surface area is 93.7 Å². The second-order valence-corrected chi connectivity index (χ2v) is 3.16. The van der Waals surface area contributed by atoms with Crippen LogP contribution in [0.25, 0.3) is 11.3 Å². The number of aromatic nitrogens is 2. The Kier molecular flexibility index (Phi) is 3.01. The molecule has 0 aliphatic carbocycles. The molecule has 0 radical (unpaired) electrons. The molecule has 0 amide bonds. The molecule has 0 spiro atoms. The predicted molar refractivity (Wildman–Crippen MR) is 61.1 cm³/mol. The summed E-state index contributed by atoms with van der Waals surface area (Å²) in [6, 6.07) is 11.8. The van der Waals surface area contributed by atoms with Crippen molar-refractivity contribution >= 4 is 0 Å². The number of hydrogen-bond acceptors (Lipinski definition) is 2. The normalized spacial score (nSPS) is 8.94. The van der Waals surface area contributed by atoms with Crippen LogP contribution in [-0.2, 0) is 0 Å². The predicted octanol–water partition coefficient (Wildman–Crippen LogP) is 2.34. The fourth-order valence-corrected chi connectivity index (χ4v) is 1.38. The maximum Gasteiger partial charge on any atom is 0.0966 e. The highest BCUT2D eigenvalue weighted by Crippen LogP contribution is 2.19. The molecule has 0 saturated carbocycles. The average molecular weight is 207 g/mol. The summed E-state index contributed by atoms with van der Waals surface area (Å²) < 4.78 is 0. The fourth-order valence-electron chi connectivity index (χ4n) is 1.38. The van der Waals surface area contributed by atoms with Crippen LogP contribution in [-0.4, -0.2) is 10.2 Å². The molecule has 76 valence electrons. The summed E-state index contributed by atoms with van der Waals surface area (Å²) in [6.45, 7) is 0. The molecule has 0 aliphatic rings. The molecule has 1 heterocycles. The van der Waals surface area contributed by atoms with Gasteiger partial charge < -0.3 is 0 Å². The number of hydrogen-bond donors (Lipinski definition) is 1. The summed E-state index contributed by atoms with van der Waals surface area (Å²) in [7, 11) is 0. The van der Waals surface area contributed by atoms with Crippen molar-refractivity contribution in [2.75, 3.05) is 0 Å². The summed E-state index contributed by atoms with van der Waals surface area (Å²) >= 11 is 0. The van der Waals surface area contributed by atoms with E-state index >= 15 is 0 Å². The third-order valence-corrected chi connectivity index (χ3v) is 2.09. The summed E-state index contributed by atoms with van der Waals surface area (Å²) in [5, 5.41) is 15.3. The quantitative estimate of drug-likeness (QED) is 0.730. The molecule has 0 saturated heterocycles. The molecule has 0 aliphatic heterocycles. The van der Waals surface area contributed by atoms with Crippen molar-refractivity contribution in [3.05, 3.63) is 42.1 Å². The van der Waals surface area contributed by atoms with E-state index in [1.165, 1.54) is 0 Å². The first-order valence-corrected chi connectivity index (χ1v) is 4.86. The SMILES string of the molecule is N#CCC#Cc1cn[nH]c1-c1ccccc1. The summed E-state index contributed by atoms with van der Waals surface area (Å²) in [5.41, 5.74) is 2.76. The maximum absolute atomic E-state index is 8.41. The Morgan fingerprint density at radius 2 is 2.06 bits per heavy atom. The summed E-state index contributed by atoms with van der Waals surface area (Å²) in [4.78, 5) is 0. The third-order valence-electron chi connectivity index (χ3n) is 2.09. The highest BCUT2D eigenvalue weighted by Gasteiger charge is 2.03. The van der Waals surface area contributed by atoms with Crippen LogP contribution in [0.5, 0.6) is 0 Å². The van der Waals surface area contributed by atoms with Gasteiger partial charge in [0.15, 0.2) is 0 Å². The van der Waals surface area contributed by atoms with Crippen molar-refractivity contribution in [3.8, 4) is 29.2 Å². The van der Waals surface area contributed by atoms with Gasteiger partial charge in [0.2, 0.25) is 0 Å². The van der Waals surface area contributed by atoms with Gasteiger partial charge in [-0.15, -0.1) is 0 Å². The van der Waals surface area contributed by atoms with Crippen molar-refractivity contribution in [2.45, 2.75) is 6.42 Å². The van der Waals surface area contributed by atoms with E-state index in [-0.39, 0.29) is 6.42 Å². The van der Waals surface area contributed by atoms with Gasteiger partial charge in [-0.3, -0.25) is 5.10 Å². The number of benzene rings is 1. The molecule has 0 atom stereocenters. The molecular formula is C13H9N3. The molecule has 1 aromatic carbocycles. The van der Waals surface area contributed by atoms with E-state index in [1.54, 1.807) is 6.20 Å². The van der Waals surface area contributed by atoms with Gasteiger partial charge in [-0.1, -0.05) is 42.2 Å². The third kappa shape index (κ3) is 2.10. The van der Waals surface area contributed by atoms with E-state index in [4.69, 9.17) is 5.26 Å². The van der Waals surface area contributed by atoms with Crippen LogP contribution in [0.4, 0.5) is 0 Å². The number of nitrogens with one attached hydrogen (secondary N) is 1. The molecule has 16 heavy (non-hydrogen) atoms. The molecule has 2 aromatic rings.